The Bertz CT molecular complexity index is 1830. The zero-order valence-corrected chi connectivity index (χ0v) is 31.2. The first-order valence-electron chi connectivity index (χ1n) is 18.9. The summed E-state index contributed by atoms with van der Waals surface area (Å²) in [7, 11) is -0.611. The molecule has 10 unspecified atom stereocenters. The molecule has 59 heavy (non-hydrogen) atoms. The van der Waals surface area contributed by atoms with Gasteiger partial charge >= 0.3 is 24.7 Å². The molecular weight excluding hydrogens is 836 g/mol. The maximum absolute atomic E-state index is 13.6. The van der Waals surface area contributed by atoms with E-state index >= 15 is 0 Å². The molecule has 4 bridgehead atoms. The van der Waals surface area contributed by atoms with Gasteiger partial charge in [0.25, 0.3) is 11.2 Å². The molecule has 2 heterocycles. The molecule has 0 spiro atoms. The van der Waals surface area contributed by atoms with Crippen LogP contribution < -0.4 is 9.47 Å². The van der Waals surface area contributed by atoms with Gasteiger partial charge in [-0.05, 0) is 98.2 Å². The number of alkyl halides is 12. The monoisotopic (exact) mass is 871 g/mol. The molecule has 3 aromatic carbocycles. The second-order valence-corrected chi connectivity index (χ2v) is 18.0. The average Bonchev–Trinajstić information content (AvgIpc) is 3.84. The Kier molecular flexibility index (Phi) is 9.78. The lowest BCUT2D eigenvalue weighted by atomic mass is 9.67. The molecule has 0 aromatic heterocycles. The maximum atomic E-state index is 13.6. The number of halogens is 12. The van der Waals surface area contributed by atoms with Crippen LogP contribution in [0.25, 0.3) is 0 Å². The van der Waals surface area contributed by atoms with E-state index in [1.54, 1.807) is 24.3 Å². The third-order valence-electron chi connectivity index (χ3n) is 13.1. The van der Waals surface area contributed by atoms with Crippen molar-refractivity contribution < 1.29 is 81.1 Å². The minimum absolute atomic E-state index is 0.0446. The number of benzene rings is 3. The second-order valence-electron chi connectivity index (χ2n) is 16.0. The highest BCUT2D eigenvalue weighted by atomic mass is 32.2. The van der Waals surface area contributed by atoms with Crippen molar-refractivity contribution in [3.05, 3.63) is 78.9 Å². The van der Waals surface area contributed by atoms with Crippen LogP contribution in [-0.4, -0.2) is 73.9 Å². The fraction of sp³-hybridized carbons (Fsp3) is 0.550. The van der Waals surface area contributed by atoms with Crippen LogP contribution in [0.1, 0.15) is 25.7 Å². The molecule has 2 saturated heterocycles. The molecule has 9 rings (SSSR count). The SMILES string of the molecule is FC(F)(F)C1(C(F)(F)F)OC2C3CC(CC3OCOc3ccc([S+](c4ccccc4)c4ccc(OCOC5CC6CC5C5OC(C(F)(F)F)(C(F)(F)F)C65)cc4)cc3)C21. The van der Waals surface area contributed by atoms with Gasteiger partial charge < -0.3 is 28.4 Å². The van der Waals surface area contributed by atoms with Crippen molar-refractivity contribution in [2.45, 2.75) is 101 Å². The van der Waals surface area contributed by atoms with Crippen molar-refractivity contribution in [3.63, 3.8) is 0 Å². The highest BCUT2D eigenvalue weighted by Crippen LogP contribution is 2.71. The Morgan fingerprint density at radius 3 is 1.19 bits per heavy atom. The lowest BCUT2D eigenvalue weighted by molar-refractivity contribution is -0.473. The molecule has 320 valence electrons. The van der Waals surface area contributed by atoms with Gasteiger partial charge in [0.15, 0.2) is 28.3 Å². The molecule has 4 aliphatic carbocycles. The summed E-state index contributed by atoms with van der Waals surface area (Å²) in [4.78, 5) is 2.81. The van der Waals surface area contributed by atoms with Crippen molar-refractivity contribution in [1.82, 2.24) is 0 Å². The van der Waals surface area contributed by atoms with Crippen molar-refractivity contribution in [1.29, 1.82) is 0 Å². The first kappa shape index (κ1) is 41.0. The lowest BCUT2D eigenvalue weighted by Crippen LogP contribution is -2.76. The number of hydrogen-bond acceptors (Lipinski definition) is 6. The molecule has 10 atom stereocenters. The normalized spacial score (nSPS) is 33.2. The van der Waals surface area contributed by atoms with E-state index in [2.05, 4.69) is 9.47 Å². The highest BCUT2D eigenvalue weighted by molar-refractivity contribution is 7.97. The van der Waals surface area contributed by atoms with Gasteiger partial charge in [-0.2, -0.15) is 52.7 Å². The van der Waals surface area contributed by atoms with E-state index in [1.165, 1.54) is 0 Å². The van der Waals surface area contributed by atoms with Crippen LogP contribution in [-0.2, 0) is 29.8 Å². The molecule has 4 saturated carbocycles. The van der Waals surface area contributed by atoms with E-state index in [9.17, 15) is 52.7 Å². The smallest absolute Gasteiger partial charge is 0.426 e. The third kappa shape index (κ3) is 6.32. The minimum atomic E-state index is -5.58. The quantitative estimate of drug-likeness (QED) is 0.109. The summed E-state index contributed by atoms with van der Waals surface area (Å²) in [6.45, 7) is -0.533. The zero-order valence-electron chi connectivity index (χ0n) is 30.4. The minimum Gasteiger partial charge on any atom is -0.468 e. The molecule has 6 aliphatic rings. The van der Waals surface area contributed by atoms with E-state index in [1.807, 2.05) is 54.6 Å². The van der Waals surface area contributed by atoms with E-state index in [4.69, 9.17) is 18.9 Å². The number of hydrogen-bond donors (Lipinski definition) is 0. The van der Waals surface area contributed by atoms with E-state index in [0.717, 1.165) is 14.7 Å². The third-order valence-corrected chi connectivity index (χ3v) is 15.4. The Morgan fingerprint density at radius 2 is 0.847 bits per heavy atom. The van der Waals surface area contributed by atoms with Crippen molar-refractivity contribution >= 4 is 10.9 Å². The van der Waals surface area contributed by atoms with Gasteiger partial charge in [0, 0.05) is 23.7 Å². The largest absolute Gasteiger partial charge is 0.468 e. The molecule has 0 N–H and O–H groups in total. The average molecular weight is 872 g/mol. The van der Waals surface area contributed by atoms with E-state index in [0.29, 0.717) is 11.5 Å². The lowest BCUT2D eigenvalue weighted by Gasteiger charge is -2.57. The summed E-state index contributed by atoms with van der Waals surface area (Å²) < 4.78 is 196. The van der Waals surface area contributed by atoms with Crippen LogP contribution in [0.3, 0.4) is 0 Å². The first-order valence-corrected chi connectivity index (χ1v) is 20.1. The van der Waals surface area contributed by atoms with Crippen LogP contribution in [0.2, 0.25) is 0 Å². The van der Waals surface area contributed by atoms with Crippen LogP contribution in [0.5, 0.6) is 11.5 Å². The number of ether oxygens (including phenoxy) is 6. The summed E-state index contributed by atoms with van der Waals surface area (Å²) >= 11 is 0. The Balaban J connectivity index is 0.786. The van der Waals surface area contributed by atoms with E-state index < -0.39 is 107 Å². The summed E-state index contributed by atoms with van der Waals surface area (Å²) in [5.41, 5.74) is -8.28. The van der Waals surface area contributed by atoms with Gasteiger partial charge in [-0.15, -0.1) is 0 Å². The van der Waals surface area contributed by atoms with Gasteiger partial charge in [-0.3, -0.25) is 0 Å². The summed E-state index contributed by atoms with van der Waals surface area (Å²) in [5.74, 6) is -5.40. The molecule has 0 amide bonds. The summed E-state index contributed by atoms with van der Waals surface area (Å²) in [5, 5.41) is 0. The van der Waals surface area contributed by atoms with Crippen molar-refractivity contribution in [2.24, 2.45) is 35.5 Å². The van der Waals surface area contributed by atoms with Crippen LogP contribution in [0, 0.1) is 35.5 Å². The van der Waals surface area contributed by atoms with Gasteiger partial charge in [-0.25, -0.2) is 0 Å². The Morgan fingerprint density at radius 1 is 0.492 bits per heavy atom. The second kappa shape index (κ2) is 14.1. The molecule has 19 heteroatoms. The highest BCUT2D eigenvalue weighted by Gasteiger charge is 2.88. The fourth-order valence-corrected chi connectivity index (χ4v) is 12.9. The first-order chi connectivity index (χ1) is 27.7. The Labute approximate surface area is 331 Å². The molecular formula is C40H35F12O6S+. The zero-order chi connectivity index (χ0) is 41.9. The maximum Gasteiger partial charge on any atom is 0.426 e. The van der Waals surface area contributed by atoms with Gasteiger partial charge in [0.05, 0.1) is 35.3 Å². The van der Waals surface area contributed by atoms with Gasteiger partial charge in [0.1, 0.15) is 11.5 Å². The molecule has 6 fully saturated rings. The number of fused-ring (bicyclic) bond motifs is 10. The van der Waals surface area contributed by atoms with Crippen LogP contribution in [0.4, 0.5) is 52.7 Å². The molecule has 2 aliphatic heterocycles. The topological polar surface area (TPSA) is 55.4 Å². The summed E-state index contributed by atoms with van der Waals surface area (Å²) in [6.07, 6.45) is -25.5. The predicted octanol–water partition coefficient (Wildman–Crippen LogP) is 10.1. The number of rotatable bonds is 11. The Hall–Kier alpha value is -3.39. The molecule has 0 radical (unpaired) electrons. The fourth-order valence-electron chi connectivity index (χ4n) is 10.8. The molecule has 3 aromatic rings. The van der Waals surface area contributed by atoms with Crippen LogP contribution >= 0.6 is 0 Å². The van der Waals surface area contributed by atoms with Crippen LogP contribution in [0.15, 0.2) is 93.5 Å². The predicted molar refractivity (Wildman–Crippen MR) is 181 cm³/mol. The van der Waals surface area contributed by atoms with Crippen molar-refractivity contribution in [2.75, 3.05) is 13.6 Å². The molecule has 6 nitrogen and oxygen atoms in total. The van der Waals surface area contributed by atoms with E-state index in [-0.39, 0.29) is 39.3 Å². The van der Waals surface area contributed by atoms with Gasteiger partial charge in [0.2, 0.25) is 0 Å². The van der Waals surface area contributed by atoms with Gasteiger partial charge in [-0.1, -0.05) is 18.2 Å². The standard InChI is InChI=1S/C40H35F12O6S/c41-37(42,43)35(38(44,45)46)31-20-14-27(33(31)57-35)29(16-20)55-18-53-22-6-10-25(11-7-22)59(24-4-2-1-3-5-24)26-12-8-23(9-13-26)54-19-56-30-17-21-15-28(30)34-32(21)36(58-34,39(47,48)49)40(50,51)52/h1-13,20-21,27-34H,14-19H2/q+1. The summed E-state index contributed by atoms with van der Waals surface area (Å²) in [6, 6.07) is 24.0. The van der Waals surface area contributed by atoms with Crippen molar-refractivity contribution in [3.8, 4) is 11.5 Å².